The predicted octanol–water partition coefficient (Wildman–Crippen LogP) is 4.71. The molecule has 0 radical (unpaired) electrons. The highest BCUT2D eigenvalue weighted by Crippen LogP contribution is 2.38. The van der Waals surface area contributed by atoms with Gasteiger partial charge in [-0.25, -0.2) is 4.98 Å². The summed E-state index contributed by atoms with van der Waals surface area (Å²) in [6.07, 6.45) is -0.269. The Hall–Kier alpha value is -0.490. The summed E-state index contributed by atoms with van der Waals surface area (Å²) in [4.78, 5) is 5.72. The van der Waals surface area contributed by atoms with Crippen LogP contribution in [0.25, 0.3) is 0 Å². The first kappa shape index (κ1) is 15.9. The Morgan fingerprint density at radius 1 is 1.45 bits per heavy atom. The zero-order valence-electron chi connectivity index (χ0n) is 10.8. The van der Waals surface area contributed by atoms with E-state index in [0.29, 0.717) is 29.4 Å². The van der Waals surface area contributed by atoms with Gasteiger partial charge in [-0.3, -0.25) is 0 Å². The molecule has 1 fully saturated rings. The third kappa shape index (κ3) is 3.79. The second-order valence-electron chi connectivity index (χ2n) is 4.95. The molecule has 1 saturated heterocycles. The molecule has 20 heavy (non-hydrogen) atoms. The van der Waals surface area contributed by atoms with Crippen LogP contribution in [0.4, 0.5) is 19.0 Å². The van der Waals surface area contributed by atoms with Crippen molar-refractivity contribution in [1.29, 1.82) is 0 Å². The topological polar surface area (TPSA) is 16.1 Å². The van der Waals surface area contributed by atoms with Crippen molar-refractivity contribution in [3.63, 3.8) is 0 Å². The summed E-state index contributed by atoms with van der Waals surface area (Å²) in [5.41, 5.74) is -0.682. The minimum absolute atomic E-state index is 0.0278. The maximum absolute atomic E-state index is 13.1. The smallest absolute Gasteiger partial charge is 0.356 e. The number of pyridine rings is 1. The van der Waals surface area contributed by atoms with Crippen molar-refractivity contribution in [2.24, 2.45) is 5.92 Å². The zero-order chi connectivity index (χ0) is 14.8. The number of hydrogen-bond acceptors (Lipinski definition) is 2. The van der Waals surface area contributed by atoms with Crippen LogP contribution in [0.2, 0.25) is 0 Å². The molecule has 2 heterocycles. The first-order valence-corrected chi connectivity index (χ1v) is 7.78. The number of aromatic nitrogens is 1. The molecule has 2 rings (SSSR count). The third-order valence-corrected chi connectivity index (χ3v) is 4.13. The number of anilines is 1. The summed E-state index contributed by atoms with van der Waals surface area (Å²) < 4.78 is 39.7. The van der Waals surface area contributed by atoms with Crippen molar-refractivity contribution in [2.75, 3.05) is 23.9 Å². The van der Waals surface area contributed by atoms with Crippen LogP contribution in [-0.4, -0.2) is 24.0 Å². The molecule has 0 amide bonds. The minimum atomic E-state index is -4.40. The van der Waals surface area contributed by atoms with E-state index in [1.165, 1.54) is 6.20 Å². The standard InChI is InChI=1S/C13H15BrClF3N2/c14-10-6-11(13(16,17)18)12(19-7-10)20-5-1-2-9(8-20)3-4-15/h6-7,9H,1-5,8H2. The molecule has 0 spiro atoms. The van der Waals surface area contributed by atoms with Gasteiger partial charge in [0.25, 0.3) is 0 Å². The van der Waals surface area contributed by atoms with Gasteiger partial charge in [-0.05, 0) is 47.2 Å². The van der Waals surface area contributed by atoms with Gasteiger partial charge < -0.3 is 4.90 Å². The lowest BCUT2D eigenvalue weighted by Crippen LogP contribution is -2.37. The molecule has 1 unspecified atom stereocenters. The molecule has 1 aliphatic heterocycles. The fourth-order valence-corrected chi connectivity index (χ4v) is 3.18. The van der Waals surface area contributed by atoms with E-state index in [-0.39, 0.29) is 5.82 Å². The lowest BCUT2D eigenvalue weighted by Gasteiger charge is -2.34. The number of nitrogens with zero attached hydrogens (tertiary/aromatic N) is 2. The highest BCUT2D eigenvalue weighted by Gasteiger charge is 2.37. The molecule has 0 aromatic carbocycles. The Kier molecular flexibility index (Phi) is 5.18. The van der Waals surface area contributed by atoms with E-state index in [1.807, 2.05) is 0 Å². The number of halogens is 5. The van der Waals surface area contributed by atoms with Crippen LogP contribution in [0.15, 0.2) is 16.7 Å². The Morgan fingerprint density at radius 3 is 2.85 bits per heavy atom. The number of hydrogen-bond donors (Lipinski definition) is 0. The summed E-state index contributed by atoms with van der Waals surface area (Å²) in [5.74, 6) is 0.908. The molecular formula is C13H15BrClF3N2. The quantitative estimate of drug-likeness (QED) is 0.716. The Labute approximate surface area is 129 Å². The van der Waals surface area contributed by atoms with Crippen molar-refractivity contribution in [3.05, 3.63) is 22.3 Å². The fraction of sp³-hybridized carbons (Fsp3) is 0.615. The highest BCUT2D eigenvalue weighted by atomic mass is 79.9. The maximum atomic E-state index is 13.1. The van der Waals surface area contributed by atoms with E-state index >= 15 is 0 Å². The van der Waals surface area contributed by atoms with E-state index in [9.17, 15) is 13.2 Å². The second kappa shape index (κ2) is 6.52. The minimum Gasteiger partial charge on any atom is -0.356 e. The first-order valence-electron chi connectivity index (χ1n) is 6.45. The molecular weight excluding hydrogens is 357 g/mol. The molecule has 0 N–H and O–H groups in total. The summed E-state index contributed by atoms with van der Waals surface area (Å²) in [6, 6.07) is 1.09. The van der Waals surface area contributed by atoms with Crippen LogP contribution in [0.3, 0.4) is 0 Å². The lowest BCUT2D eigenvalue weighted by molar-refractivity contribution is -0.137. The van der Waals surface area contributed by atoms with E-state index in [0.717, 1.165) is 25.3 Å². The lowest BCUT2D eigenvalue weighted by atomic mass is 9.95. The van der Waals surface area contributed by atoms with Crippen LogP contribution >= 0.6 is 27.5 Å². The summed E-state index contributed by atoms with van der Waals surface area (Å²) in [7, 11) is 0. The molecule has 112 valence electrons. The number of rotatable bonds is 3. The van der Waals surface area contributed by atoms with Gasteiger partial charge in [0.05, 0.1) is 5.56 Å². The number of piperidine rings is 1. The largest absolute Gasteiger partial charge is 0.419 e. The normalized spacial score (nSPS) is 20.2. The summed E-state index contributed by atoms with van der Waals surface area (Å²) >= 11 is 8.78. The average molecular weight is 372 g/mol. The third-order valence-electron chi connectivity index (χ3n) is 3.47. The number of alkyl halides is 4. The average Bonchev–Trinajstić information content (AvgIpc) is 2.38. The first-order chi connectivity index (χ1) is 9.41. The van der Waals surface area contributed by atoms with Gasteiger partial charge in [0.1, 0.15) is 5.82 Å². The van der Waals surface area contributed by atoms with Gasteiger partial charge in [-0.1, -0.05) is 0 Å². The molecule has 2 nitrogen and oxygen atoms in total. The van der Waals surface area contributed by atoms with Crippen molar-refractivity contribution in [3.8, 4) is 0 Å². The van der Waals surface area contributed by atoms with E-state index in [2.05, 4.69) is 20.9 Å². The molecule has 0 bridgehead atoms. The van der Waals surface area contributed by atoms with Crippen LogP contribution in [-0.2, 0) is 6.18 Å². The molecule has 1 aromatic rings. The van der Waals surface area contributed by atoms with Crippen molar-refractivity contribution in [2.45, 2.75) is 25.4 Å². The Balaban J connectivity index is 2.27. The monoisotopic (exact) mass is 370 g/mol. The van der Waals surface area contributed by atoms with Crippen LogP contribution in [0.5, 0.6) is 0 Å². The van der Waals surface area contributed by atoms with Gasteiger partial charge in [-0.2, -0.15) is 13.2 Å². The van der Waals surface area contributed by atoms with E-state index < -0.39 is 11.7 Å². The molecule has 0 saturated carbocycles. The Bertz CT molecular complexity index is 465. The molecule has 7 heteroatoms. The van der Waals surface area contributed by atoms with Crippen LogP contribution < -0.4 is 4.90 Å². The van der Waals surface area contributed by atoms with Gasteiger partial charge in [0, 0.05) is 29.6 Å². The van der Waals surface area contributed by atoms with Crippen molar-refractivity contribution in [1.82, 2.24) is 4.98 Å². The van der Waals surface area contributed by atoms with Crippen LogP contribution in [0, 0.1) is 5.92 Å². The SMILES string of the molecule is FC(F)(F)c1cc(Br)cnc1N1CCCC(CCCl)C1. The van der Waals surface area contributed by atoms with Gasteiger partial charge in [0.15, 0.2) is 0 Å². The second-order valence-corrected chi connectivity index (χ2v) is 6.25. The molecule has 1 aliphatic rings. The Morgan fingerprint density at radius 2 is 2.20 bits per heavy atom. The summed E-state index contributed by atoms with van der Waals surface area (Å²) in [5, 5.41) is 0. The zero-order valence-corrected chi connectivity index (χ0v) is 13.1. The van der Waals surface area contributed by atoms with Gasteiger partial charge in [-0.15, -0.1) is 11.6 Å². The molecule has 1 aromatic heterocycles. The van der Waals surface area contributed by atoms with E-state index in [1.54, 1.807) is 4.90 Å². The predicted molar refractivity (Wildman–Crippen MR) is 77.2 cm³/mol. The van der Waals surface area contributed by atoms with Gasteiger partial charge in [0.2, 0.25) is 0 Å². The van der Waals surface area contributed by atoms with Crippen molar-refractivity contribution < 1.29 is 13.2 Å². The maximum Gasteiger partial charge on any atom is 0.419 e. The van der Waals surface area contributed by atoms with Crippen LogP contribution in [0.1, 0.15) is 24.8 Å². The van der Waals surface area contributed by atoms with E-state index in [4.69, 9.17) is 11.6 Å². The molecule has 1 atom stereocenters. The summed E-state index contributed by atoms with van der Waals surface area (Å²) in [6.45, 7) is 1.20. The molecule has 0 aliphatic carbocycles. The fourth-order valence-electron chi connectivity index (χ4n) is 2.54. The van der Waals surface area contributed by atoms with Gasteiger partial charge >= 0.3 is 6.18 Å². The van der Waals surface area contributed by atoms with Crippen molar-refractivity contribution >= 4 is 33.3 Å². The highest BCUT2D eigenvalue weighted by molar-refractivity contribution is 9.10.